The molecule has 0 aliphatic heterocycles. The standard InChI is InChI=1S/C15H16N2OS2/c1-3-9-17(10-4-2)14(18)11-19-15-16-12-7-5-6-8-13(12)20-15/h3-8H,1-2,9-11H2. The summed E-state index contributed by atoms with van der Waals surface area (Å²) in [6.07, 6.45) is 3.45. The molecule has 3 nitrogen and oxygen atoms in total. The van der Waals surface area contributed by atoms with Gasteiger partial charge in [0.1, 0.15) is 0 Å². The number of thiazole rings is 1. The highest BCUT2D eigenvalue weighted by Gasteiger charge is 2.12. The van der Waals surface area contributed by atoms with Gasteiger partial charge in [-0.05, 0) is 12.1 Å². The van der Waals surface area contributed by atoms with E-state index in [0.717, 1.165) is 14.6 Å². The van der Waals surface area contributed by atoms with Crippen molar-refractivity contribution in [1.29, 1.82) is 0 Å². The van der Waals surface area contributed by atoms with E-state index < -0.39 is 0 Å². The first kappa shape index (κ1) is 14.8. The number of thioether (sulfide) groups is 1. The van der Waals surface area contributed by atoms with Crippen molar-refractivity contribution in [3.63, 3.8) is 0 Å². The Morgan fingerprint density at radius 3 is 2.65 bits per heavy atom. The highest BCUT2D eigenvalue weighted by atomic mass is 32.2. The van der Waals surface area contributed by atoms with Crippen LogP contribution in [0, 0.1) is 0 Å². The number of carbonyl (C=O) groups excluding carboxylic acids is 1. The van der Waals surface area contributed by atoms with Crippen LogP contribution in [-0.2, 0) is 4.79 Å². The van der Waals surface area contributed by atoms with Crippen molar-refractivity contribution < 1.29 is 4.79 Å². The molecule has 104 valence electrons. The Hall–Kier alpha value is -1.59. The molecular formula is C15H16N2OS2. The zero-order valence-electron chi connectivity index (χ0n) is 11.1. The largest absolute Gasteiger partial charge is 0.335 e. The number of hydrogen-bond donors (Lipinski definition) is 0. The predicted molar refractivity (Wildman–Crippen MR) is 87.3 cm³/mol. The average Bonchev–Trinajstić information content (AvgIpc) is 2.87. The zero-order chi connectivity index (χ0) is 14.4. The monoisotopic (exact) mass is 304 g/mol. The van der Waals surface area contributed by atoms with E-state index in [1.807, 2.05) is 24.3 Å². The minimum absolute atomic E-state index is 0.0778. The molecule has 0 bridgehead atoms. The minimum atomic E-state index is 0.0778. The Kier molecular flexibility index (Phi) is 5.38. The third-order valence-corrected chi connectivity index (χ3v) is 4.81. The first-order valence-corrected chi connectivity index (χ1v) is 8.02. The minimum Gasteiger partial charge on any atom is -0.335 e. The maximum Gasteiger partial charge on any atom is 0.233 e. The second-order valence-corrected chi connectivity index (χ2v) is 6.37. The van der Waals surface area contributed by atoms with Gasteiger partial charge in [-0.1, -0.05) is 36.0 Å². The molecule has 0 aliphatic rings. The number of nitrogens with zero attached hydrogens (tertiary/aromatic N) is 2. The van der Waals surface area contributed by atoms with Crippen molar-refractivity contribution in [3.05, 3.63) is 49.6 Å². The zero-order valence-corrected chi connectivity index (χ0v) is 12.8. The molecule has 5 heteroatoms. The summed E-state index contributed by atoms with van der Waals surface area (Å²) in [4.78, 5) is 18.3. The summed E-state index contributed by atoms with van der Waals surface area (Å²) in [6.45, 7) is 8.43. The summed E-state index contributed by atoms with van der Waals surface area (Å²) in [7, 11) is 0. The van der Waals surface area contributed by atoms with Gasteiger partial charge in [-0.3, -0.25) is 4.79 Å². The van der Waals surface area contributed by atoms with Gasteiger partial charge in [-0.2, -0.15) is 0 Å². The lowest BCUT2D eigenvalue weighted by atomic mass is 10.3. The van der Waals surface area contributed by atoms with Crippen LogP contribution in [0.4, 0.5) is 0 Å². The number of hydrogen-bond acceptors (Lipinski definition) is 4. The van der Waals surface area contributed by atoms with Crippen LogP contribution in [0.5, 0.6) is 0 Å². The van der Waals surface area contributed by atoms with Gasteiger partial charge in [-0.15, -0.1) is 24.5 Å². The van der Waals surface area contributed by atoms with Gasteiger partial charge in [0.25, 0.3) is 0 Å². The first-order valence-electron chi connectivity index (χ1n) is 6.22. The third-order valence-electron chi connectivity index (χ3n) is 2.65. The normalized spacial score (nSPS) is 10.4. The van der Waals surface area contributed by atoms with Crippen LogP contribution in [0.15, 0.2) is 53.9 Å². The molecule has 0 atom stereocenters. The fourth-order valence-corrected chi connectivity index (χ4v) is 3.69. The number of benzene rings is 1. The van der Waals surface area contributed by atoms with Gasteiger partial charge in [0.15, 0.2) is 4.34 Å². The summed E-state index contributed by atoms with van der Waals surface area (Å²) in [5.74, 6) is 0.468. The molecule has 0 unspecified atom stereocenters. The van der Waals surface area contributed by atoms with Crippen molar-refractivity contribution >= 4 is 39.2 Å². The van der Waals surface area contributed by atoms with E-state index in [2.05, 4.69) is 18.1 Å². The maximum atomic E-state index is 12.1. The fourth-order valence-electron chi connectivity index (χ4n) is 1.72. The highest BCUT2D eigenvalue weighted by molar-refractivity contribution is 8.01. The number of carbonyl (C=O) groups is 1. The average molecular weight is 304 g/mol. The number of aromatic nitrogens is 1. The summed E-state index contributed by atoms with van der Waals surface area (Å²) in [6, 6.07) is 7.99. The van der Waals surface area contributed by atoms with Crippen molar-refractivity contribution in [3.8, 4) is 0 Å². The maximum absolute atomic E-state index is 12.1. The van der Waals surface area contributed by atoms with Crippen LogP contribution in [0.2, 0.25) is 0 Å². The van der Waals surface area contributed by atoms with Crippen LogP contribution in [0.3, 0.4) is 0 Å². The van der Waals surface area contributed by atoms with Crippen molar-refractivity contribution in [1.82, 2.24) is 9.88 Å². The van der Waals surface area contributed by atoms with E-state index in [-0.39, 0.29) is 5.91 Å². The second-order valence-electron chi connectivity index (χ2n) is 4.11. The molecule has 0 spiro atoms. The number of fused-ring (bicyclic) bond motifs is 1. The lowest BCUT2D eigenvalue weighted by Crippen LogP contribution is -2.32. The molecule has 0 aliphatic carbocycles. The van der Waals surface area contributed by atoms with E-state index in [9.17, 15) is 4.79 Å². The van der Waals surface area contributed by atoms with E-state index >= 15 is 0 Å². The van der Waals surface area contributed by atoms with E-state index in [1.54, 1.807) is 28.4 Å². The molecule has 0 saturated heterocycles. The van der Waals surface area contributed by atoms with Gasteiger partial charge in [-0.25, -0.2) is 4.98 Å². The molecule has 0 N–H and O–H groups in total. The molecule has 2 aromatic rings. The second kappa shape index (κ2) is 7.26. The van der Waals surface area contributed by atoms with E-state index in [1.165, 1.54) is 11.8 Å². The Balaban J connectivity index is 1.98. The summed E-state index contributed by atoms with van der Waals surface area (Å²) < 4.78 is 2.08. The molecular weight excluding hydrogens is 288 g/mol. The number of amides is 1. The lowest BCUT2D eigenvalue weighted by Gasteiger charge is -2.18. The van der Waals surface area contributed by atoms with Crippen LogP contribution >= 0.6 is 23.1 Å². The Morgan fingerprint density at radius 2 is 2.00 bits per heavy atom. The quantitative estimate of drug-likeness (QED) is 0.579. The van der Waals surface area contributed by atoms with Gasteiger partial charge in [0, 0.05) is 13.1 Å². The molecule has 1 aromatic heterocycles. The molecule has 1 amide bonds. The number of para-hydroxylation sites is 1. The van der Waals surface area contributed by atoms with E-state index in [0.29, 0.717) is 18.8 Å². The Bertz CT molecular complexity index is 578. The van der Waals surface area contributed by atoms with Crippen LogP contribution in [0.25, 0.3) is 10.2 Å². The van der Waals surface area contributed by atoms with Gasteiger partial charge >= 0.3 is 0 Å². The summed E-state index contributed by atoms with van der Waals surface area (Å²) >= 11 is 3.10. The van der Waals surface area contributed by atoms with Crippen molar-refractivity contribution in [2.75, 3.05) is 18.8 Å². The summed E-state index contributed by atoms with van der Waals surface area (Å²) in [5, 5.41) is 0. The molecule has 0 saturated carbocycles. The molecule has 20 heavy (non-hydrogen) atoms. The molecule has 1 heterocycles. The Labute approximate surface area is 127 Å². The summed E-state index contributed by atoms with van der Waals surface area (Å²) in [5.41, 5.74) is 0.987. The van der Waals surface area contributed by atoms with Crippen LogP contribution in [-0.4, -0.2) is 34.6 Å². The van der Waals surface area contributed by atoms with Crippen LogP contribution in [0.1, 0.15) is 0 Å². The SMILES string of the molecule is C=CCN(CC=C)C(=O)CSc1nc2ccccc2s1. The molecule has 2 rings (SSSR count). The third kappa shape index (κ3) is 3.71. The van der Waals surface area contributed by atoms with Crippen LogP contribution < -0.4 is 0 Å². The lowest BCUT2D eigenvalue weighted by molar-refractivity contribution is -0.127. The van der Waals surface area contributed by atoms with Crippen molar-refractivity contribution in [2.24, 2.45) is 0 Å². The van der Waals surface area contributed by atoms with Gasteiger partial charge in [0.05, 0.1) is 16.0 Å². The first-order chi connectivity index (χ1) is 9.74. The fraction of sp³-hybridized carbons (Fsp3) is 0.200. The van der Waals surface area contributed by atoms with Gasteiger partial charge < -0.3 is 4.90 Å². The van der Waals surface area contributed by atoms with Crippen molar-refractivity contribution in [2.45, 2.75) is 4.34 Å². The van der Waals surface area contributed by atoms with Gasteiger partial charge in [0.2, 0.25) is 5.91 Å². The smallest absolute Gasteiger partial charge is 0.233 e. The Morgan fingerprint density at radius 1 is 1.30 bits per heavy atom. The topological polar surface area (TPSA) is 33.2 Å². The van der Waals surface area contributed by atoms with E-state index in [4.69, 9.17) is 0 Å². The molecule has 0 fully saturated rings. The highest BCUT2D eigenvalue weighted by Crippen LogP contribution is 2.29. The molecule has 0 radical (unpaired) electrons. The number of rotatable bonds is 7. The predicted octanol–water partition coefficient (Wildman–Crippen LogP) is 3.59. The molecule has 1 aromatic carbocycles.